The molecular weight excluding hydrogens is 512 g/mol. The largest absolute Gasteiger partial charge is 0.491 e. The Morgan fingerprint density at radius 1 is 1.21 bits per heavy atom. The summed E-state index contributed by atoms with van der Waals surface area (Å²) in [5.41, 5.74) is -1.67. The van der Waals surface area contributed by atoms with Gasteiger partial charge in [-0.25, -0.2) is 4.79 Å². The molecule has 0 N–H and O–H groups in total. The molecule has 3 aliphatic rings. The molecule has 156 valence electrons. The first-order valence-electron chi connectivity index (χ1n) is 8.69. The second-order valence-electron chi connectivity index (χ2n) is 7.32. The van der Waals surface area contributed by atoms with E-state index in [0.29, 0.717) is 13.2 Å². The zero-order valence-electron chi connectivity index (χ0n) is 15.1. The van der Waals surface area contributed by atoms with Crippen LogP contribution in [0.5, 0.6) is 5.75 Å². The fourth-order valence-electron chi connectivity index (χ4n) is 3.65. The van der Waals surface area contributed by atoms with Crippen molar-refractivity contribution in [2.24, 2.45) is 5.41 Å². The van der Waals surface area contributed by atoms with E-state index in [2.05, 4.69) is 25.9 Å². The minimum Gasteiger partial charge on any atom is -0.491 e. The second kappa shape index (κ2) is 8.57. The first-order chi connectivity index (χ1) is 13.2. The molecule has 1 aromatic carbocycles. The summed E-state index contributed by atoms with van der Waals surface area (Å²) in [7, 11) is 2.42. The van der Waals surface area contributed by atoms with Crippen LogP contribution < -0.4 is 4.74 Å². The summed E-state index contributed by atoms with van der Waals surface area (Å²) in [6, 6.07) is 2.91. The van der Waals surface area contributed by atoms with E-state index in [9.17, 15) is 18.0 Å². The highest BCUT2D eigenvalue weighted by atomic mass is 127. The van der Waals surface area contributed by atoms with Gasteiger partial charge < -0.3 is 18.4 Å². The highest BCUT2D eigenvalue weighted by molar-refractivity contribution is 14.2. The zero-order valence-corrected chi connectivity index (χ0v) is 18.1. The van der Waals surface area contributed by atoms with Crippen molar-refractivity contribution in [1.82, 2.24) is 0 Å². The maximum absolute atomic E-state index is 13.2. The lowest BCUT2D eigenvalue weighted by atomic mass is 9.67. The number of benzene rings is 1. The van der Waals surface area contributed by atoms with Crippen LogP contribution in [-0.4, -0.2) is 38.5 Å². The summed E-state index contributed by atoms with van der Waals surface area (Å²) in [5, 5.41) is 0. The highest BCUT2D eigenvalue weighted by Crippen LogP contribution is 2.49. The van der Waals surface area contributed by atoms with Crippen LogP contribution in [0.2, 0.25) is 0 Å². The summed E-state index contributed by atoms with van der Waals surface area (Å²) in [4.78, 5) is 11.7. The summed E-state index contributed by atoms with van der Waals surface area (Å²) in [6.07, 6.45) is -1.24. The molecule has 4 rings (SSSR count). The fraction of sp³-hybridized carbons (Fsp3) is 0.611. The molecule has 5 nitrogen and oxygen atoms in total. The first-order valence-corrected chi connectivity index (χ1v) is 12.0. The number of hydrogen-bond donors (Lipinski definition) is 0. The quantitative estimate of drug-likeness (QED) is 0.273. The highest BCUT2D eigenvalue weighted by Gasteiger charge is 2.50. The predicted octanol–water partition coefficient (Wildman–Crippen LogP) is 5.22. The average molecular weight is 532 g/mol. The van der Waals surface area contributed by atoms with Gasteiger partial charge in [0.1, 0.15) is 18.0 Å². The van der Waals surface area contributed by atoms with Crippen LogP contribution in [0.1, 0.15) is 41.6 Å². The SMILES string of the molecule is COC(=O)c1cc(OCC23CCC(COSI)(CC2)CO3)cc(C(F)(F)F)c1. The number of alkyl halides is 3. The average Bonchev–Trinajstić information content (AvgIpc) is 2.71. The molecule has 0 radical (unpaired) electrons. The Morgan fingerprint density at radius 2 is 1.93 bits per heavy atom. The van der Waals surface area contributed by atoms with Crippen LogP contribution in [-0.2, 0) is 19.8 Å². The van der Waals surface area contributed by atoms with Crippen molar-refractivity contribution in [1.29, 1.82) is 0 Å². The molecule has 3 fully saturated rings. The van der Waals surface area contributed by atoms with Crippen molar-refractivity contribution >= 4 is 36.4 Å². The summed E-state index contributed by atoms with van der Waals surface area (Å²) in [5.74, 6) is -0.876. The second-order valence-corrected chi connectivity index (χ2v) is 8.76. The Labute approximate surface area is 177 Å². The van der Waals surface area contributed by atoms with E-state index in [0.717, 1.165) is 44.9 Å². The number of ether oxygens (including phenoxy) is 3. The number of carbonyl (C=O) groups is 1. The van der Waals surface area contributed by atoms with Gasteiger partial charge in [-0.1, -0.05) is 0 Å². The lowest BCUT2D eigenvalue weighted by molar-refractivity contribution is -0.201. The Morgan fingerprint density at radius 3 is 2.46 bits per heavy atom. The van der Waals surface area contributed by atoms with Crippen molar-refractivity contribution in [3.05, 3.63) is 29.3 Å². The van der Waals surface area contributed by atoms with Gasteiger partial charge in [-0.3, -0.25) is 0 Å². The van der Waals surface area contributed by atoms with Gasteiger partial charge in [0.05, 0.1) is 40.7 Å². The van der Waals surface area contributed by atoms with Crippen molar-refractivity contribution in [2.75, 3.05) is 26.9 Å². The van der Waals surface area contributed by atoms with E-state index in [4.69, 9.17) is 13.7 Å². The molecular formula is C18H20F3IO5S. The van der Waals surface area contributed by atoms with Gasteiger partial charge in [0.15, 0.2) is 0 Å². The Balaban J connectivity index is 1.70. The first kappa shape index (κ1) is 22.0. The monoisotopic (exact) mass is 532 g/mol. The van der Waals surface area contributed by atoms with E-state index in [-0.39, 0.29) is 23.3 Å². The number of esters is 1. The lowest BCUT2D eigenvalue weighted by Crippen LogP contribution is -2.55. The normalized spacial score (nSPS) is 26.9. The number of methoxy groups -OCH3 is 1. The summed E-state index contributed by atoms with van der Waals surface area (Å²) < 4.78 is 61.2. The van der Waals surface area contributed by atoms with Crippen molar-refractivity contribution in [3.63, 3.8) is 0 Å². The molecule has 1 aromatic rings. The van der Waals surface area contributed by atoms with E-state index >= 15 is 0 Å². The van der Waals surface area contributed by atoms with Gasteiger partial charge in [-0.2, -0.15) is 13.2 Å². The van der Waals surface area contributed by atoms with Gasteiger partial charge in [0.25, 0.3) is 0 Å². The van der Waals surface area contributed by atoms with Gasteiger partial charge in [-0.15, -0.1) is 0 Å². The van der Waals surface area contributed by atoms with Crippen molar-refractivity contribution in [3.8, 4) is 5.75 Å². The minimum atomic E-state index is -4.59. The standard InChI is InChI=1S/C18H20F3IO5S/c1-24-15(23)12-6-13(18(19,20)21)8-14(7-12)25-11-17-4-2-16(3-5-17,9-26-17)10-27-28-22/h6-8H,2-5,9-11H2,1H3. The summed E-state index contributed by atoms with van der Waals surface area (Å²) in [6.45, 7) is 1.30. The topological polar surface area (TPSA) is 54.0 Å². The third-order valence-corrected chi connectivity index (χ3v) is 6.44. The van der Waals surface area contributed by atoms with Crippen LogP contribution >= 0.6 is 30.4 Å². The smallest absolute Gasteiger partial charge is 0.416 e. The van der Waals surface area contributed by atoms with Crippen LogP contribution in [0.25, 0.3) is 0 Å². The van der Waals surface area contributed by atoms with Crippen LogP contribution in [0.15, 0.2) is 18.2 Å². The molecule has 2 heterocycles. The number of halogens is 4. The molecule has 28 heavy (non-hydrogen) atoms. The maximum Gasteiger partial charge on any atom is 0.416 e. The number of carbonyl (C=O) groups excluding carboxylic acids is 1. The third-order valence-electron chi connectivity index (χ3n) is 5.47. The molecule has 10 heteroatoms. The number of rotatable bonds is 7. The van der Waals surface area contributed by atoms with Crippen molar-refractivity contribution < 1.29 is 36.4 Å². The molecule has 0 unspecified atom stereocenters. The zero-order chi connectivity index (χ0) is 20.4. The van der Waals surface area contributed by atoms with Crippen LogP contribution in [0.4, 0.5) is 13.2 Å². The maximum atomic E-state index is 13.2. The molecule has 0 atom stereocenters. The Kier molecular flexibility index (Phi) is 6.72. The number of hydrogen-bond acceptors (Lipinski definition) is 6. The molecule has 2 bridgehead atoms. The van der Waals surface area contributed by atoms with Gasteiger partial charge in [0, 0.05) is 26.6 Å². The third kappa shape index (κ3) is 4.88. The van der Waals surface area contributed by atoms with Crippen molar-refractivity contribution in [2.45, 2.75) is 37.5 Å². The Bertz CT molecular complexity index is 703. The van der Waals surface area contributed by atoms with Gasteiger partial charge >= 0.3 is 12.1 Å². The molecule has 0 aromatic heterocycles. The van der Waals surface area contributed by atoms with E-state index < -0.39 is 23.3 Å². The molecule has 0 spiro atoms. The Hall–Kier alpha value is -0.720. The van der Waals surface area contributed by atoms with E-state index in [1.54, 1.807) is 0 Å². The summed E-state index contributed by atoms with van der Waals surface area (Å²) >= 11 is 2.08. The fourth-order valence-corrected chi connectivity index (χ4v) is 4.32. The minimum absolute atomic E-state index is 0.00811. The van der Waals surface area contributed by atoms with Gasteiger partial charge in [-0.05, 0) is 43.9 Å². The molecule has 1 aliphatic carbocycles. The van der Waals surface area contributed by atoms with Crippen LogP contribution in [0.3, 0.4) is 0 Å². The molecule has 2 aliphatic heterocycles. The predicted molar refractivity (Wildman–Crippen MR) is 105 cm³/mol. The van der Waals surface area contributed by atoms with Gasteiger partial charge in [0.2, 0.25) is 0 Å². The van der Waals surface area contributed by atoms with E-state index in [1.165, 1.54) is 15.3 Å². The molecule has 0 amide bonds. The van der Waals surface area contributed by atoms with Crippen LogP contribution in [0, 0.1) is 5.41 Å². The van der Waals surface area contributed by atoms with E-state index in [1.807, 2.05) is 0 Å². The molecule has 1 saturated carbocycles. The number of fused-ring (bicyclic) bond motifs is 3. The molecule has 2 saturated heterocycles. The lowest BCUT2D eigenvalue weighted by Gasteiger charge is -2.52.